The van der Waals surface area contributed by atoms with Crippen LogP contribution in [0.2, 0.25) is 0 Å². The fourth-order valence-electron chi connectivity index (χ4n) is 3.67. The van der Waals surface area contributed by atoms with Crippen molar-refractivity contribution in [3.8, 4) is 0 Å². The average Bonchev–Trinajstić information content (AvgIpc) is 2.74. The highest BCUT2D eigenvalue weighted by atomic mass is 15.3. The van der Waals surface area contributed by atoms with E-state index in [0.29, 0.717) is 0 Å². The van der Waals surface area contributed by atoms with Crippen LogP contribution >= 0.6 is 0 Å². The first-order valence-corrected chi connectivity index (χ1v) is 8.40. The quantitative estimate of drug-likeness (QED) is 0.902. The van der Waals surface area contributed by atoms with Crippen LogP contribution in [0.4, 0.5) is 5.82 Å². The lowest BCUT2D eigenvalue weighted by atomic mass is 10.1. The van der Waals surface area contributed by atoms with Gasteiger partial charge < -0.3 is 5.32 Å². The van der Waals surface area contributed by atoms with Crippen LogP contribution in [0.5, 0.6) is 0 Å². The van der Waals surface area contributed by atoms with E-state index in [4.69, 9.17) is 4.98 Å². The molecular weight excluding hydrogens is 260 g/mol. The molecule has 4 nitrogen and oxygen atoms in total. The largest absolute Gasteiger partial charge is 0.370 e. The number of aromatic nitrogens is 1. The third-order valence-electron chi connectivity index (χ3n) is 4.98. The Labute approximate surface area is 128 Å². The molecule has 2 bridgehead atoms. The summed E-state index contributed by atoms with van der Waals surface area (Å²) in [5.41, 5.74) is 1.19. The van der Waals surface area contributed by atoms with Gasteiger partial charge in [-0.1, -0.05) is 13.0 Å². The molecule has 3 rings (SSSR count). The van der Waals surface area contributed by atoms with E-state index in [1.165, 1.54) is 38.0 Å². The number of likely N-dealkylation sites (tertiary alicyclic amines) is 1. The van der Waals surface area contributed by atoms with E-state index in [9.17, 15) is 0 Å². The molecule has 2 aliphatic rings. The molecule has 21 heavy (non-hydrogen) atoms. The van der Waals surface area contributed by atoms with Crippen LogP contribution in [0.25, 0.3) is 0 Å². The Bertz CT molecular complexity index is 462. The third kappa shape index (κ3) is 3.55. The van der Waals surface area contributed by atoms with Crippen molar-refractivity contribution in [2.45, 2.75) is 51.2 Å². The highest BCUT2D eigenvalue weighted by Crippen LogP contribution is 2.28. The van der Waals surface area contributed by atoms with E-state index in [1.54, 1.807) is 0 Å². The monoisotopic (exact) mass is 288 g/mol. The van der Waals surface area contributed by atoms with Crippen LogP contribution in [-0.2, 0) is 6.54 Å². The molecule has 2 saturated heterocycles. The van der Waals surface area contributed by atoms with Crippen molar-refractivity contribution in [2.24, 2.45) is 0 Å². The second-order valence-corrected chi connectivity index (χ2v) is 6.52. The van der Waals surface area contributed by atoms with E-state index in [0.717, 1.165) is 37.4 Å². The maximum atomic E-state index is 4.75. The fraction of sp³-hybridized carbons (Fsp3) is 0.706. The van der Waals surface area contributed by atoms with Crippen molar-refractivity contribution in [3.05, 3.63) is 23.9 Å². The Balaban J connectivity index is 1.61. The maximum absolute atomic E-state index is 4.75. The predicted octanol–water partition coefficient (Wildman–Crippen LogP) is 2.57. The van der Waals surface area contributed by atoms with Crippen molar-refractivity contribution in [1.29, 1.82) is 0 Å². The molecule has 116 valence electrons. The molecule has 0 aliphatic carbocycles. The summed E-state index contributed by atoms with van der Waals surface area (Å²) in [5, 5.41) is 3.38. The Morgan fingerprint density at radius 3 is 2.95 bits per heavy atom. The number of rotatable bonds is 5. The number of nitrogens with zero attached hydrogens (tertiary/aromatic N) is 3. The molecule has 2 atom stereocenters. The molecule has 0 radical (unpaired) electrons. The van der Waals surface area contributed by atoms with Crippen LogP contribution in [0.1, 0.15) is 38.3 Å². The van der Waals surface area contributed by atoms with Gasteiger partial charge in [0, 0.05) is 38.3 Å². The van der Waals surface area contributed by atoms with Crippen LogP contribution < -0.4 is 5.32 Å². The summed E-state index contributed by atoms with van der Waals surface area (Å²) in [4.78, 5) is 9.94. The smallest absolute Gasteiger partial charge is 0.126 e. The van der Waals surface area contributed by atoms with Gasteiger partial charge in [0.25, 0.3) is 0 Å². The van der Waals surface area contributed by atoms with E-state index in [1.807, 2.05) is 0 Å². The van der Waals surface area contributed by atoms with Crippen molar-refractivity contribution in [2.75, 3.05) is 32.0 Å². The molecule has 0 spiro atoms. The number of anilines is 1. The molecule has 2 fully saturated rings. The van der Waals surface area contributed by atoms with Gasteiger partial charge in [0.15, 0.2) is 0 Å². The van der Waals surface area contributed by atoms with Gasteiger partial charge >= 0.3 is 0 Å². The van der Waals surface area contributed by atoms with E-state index in [-0.39, 0.29) is 0 Å². The van der Waals surface area contributed by atoms with Crippen molar-refractivity contribution >= 4 is 5.82 Å². The van der Waals surface area contributed by atoms with Gasteiger partial charge in [0.2, 0.25) is 0 Å². The first kappa shape index (κ1) is 14.8. The second-order valence-electron chi connectivity index (χ2n) is 6.52. The zero-order valence-electron chi connectivity index (χ0n) is 13.4. The first-order chi connectivity index (χ1) is 10.3. The maximum Gasteiger partial charge on any atom is 0.126 e. The zero-order valence-corrected chi connectivity index (χ0v) is 13.4. The van der Waals surface area contributed by atoms with E-state index >= 15 is 0 Å². The SMILES string of the molecule is CCCNc1cccc(CN2CCC3CCC(C2)N3C)n1. The molecule has 1 aromatic heterocycles. The lowest BCUT2D eigenvalue weighted by molar-refractivity contribution is 0.213. The predicted molar refractivity (Wildman–Crippen MR) is 87.5 cm³/mol. The van der Waals surface area contributed by atoms with Gasteiger partial charge in [-0.2, -0.15) is 0 Å². The van der Waals surface area contributed by atoms with Gasteiger partial charge in [-0.3, -0.25) is 9.80 Å². The number of hydrogen-bond acceptors (Lipinski definition) is 4. The van der Waals surface area contributed by atoms with Gasteiger partial charge in [-0.25, -0.2) is 4.98 Å². The number of likely N-dealkylation sites (N-methyl/N-ethyl adjacent to an activating group) is 1. The average molecular weight is 288 g/mol. The van der Waals surface area contributed by atoms with Crippen molar-refractivity contribution in [1.82, 2.24) is 14.8 Å². The number of nitrogens with one attached hydrogen (secondary N) is 1. The molecule has 2 unspecified atom stereocenters. The Kier molecular flexibility index (Phi) is 4.76. The standard InChI is InChI=1S/C17H28N4/c1-3-10-18-17-6-4-5-14(19-17)12-21-11-9-15-7-8-16(13-21)20(15)2/h4-6,15-16H,3,7-13H2,1-2H3,(H,18,19). The van der Waals surface area contributed by atoms with Gasteiger partial charge in [-0.15, -0.1) is 0 Å². The highest BCUT2D eigenvalue weighted by molar-refractivity contribution is 5.35. The first-order valence-electron chi connectivity index (χ1n) is 8.40. The lowest BCUT2D eigenvalue weighted by Crippen LogP contribution is -2.36. The Morgan fingerprint density at radius 1 is 1.24 bits per heavy atom. The van der Waals surface area contributed by atoms with Crippen LogP contribution in [0, 0.1) is 0 Å². The normalized spacial score (nSPS) is 26.8. The minimum absolute atomic E-state index is 0.749. The van der Waals surface area contributed by atoms with Gasteiger partial charge in [0.05, 0.1) is 5.69 Å². The number of hydrogen-bond donors (Lipinski definition) is 1. The number of pyridine rings is 1. The molecule has 3 heterocycles. The van der Waals surface area contributed by atoms with Crippen molar-refractivity contribution < 1.29 is 0 Å². The minimum atomic E-state index is 0.749. The summed E-state index contributed by atoms with van der Waals surface area (Å²) < 4.78 is 0. The molecule has 0 saturated carbocycles. The van der Waals surface area contributed by atoms with Crippen LogP contribution in [-0.4, -0.2) is 53.5 Å². The molecule has 0 amide bonds. The summed E-state index contributed by atoms with van der Waals surface area (Å²) in [7, 11) is 2.30. The van der Waals surface area contributed by atoms with Gasteiger partial charge in [0.1, 0.15) is 5.82 Å². The van der Waals surface area contributed by atoms with Crippen LogP contribution in [0.15, 0.2) is 18.2 Å². The van der Waals surface area contributed by atoms with Crippen LogP contribution in [0.3, 0.4) is 0 Å². The van der Waals surface area contributed by atoms with E-state index < -0.39 is 0 Å². The van der Waals surface area contributed by atoms with Gasteiger partial charge in [-0.05, 0) is 44.9 Å². The minimum Gasteiger partial charge on any atom is -0.370 e. The topological polar surface area (TPSA) is 31.4 Å². The Hall–Kier alpha value is -1.13. The lowest BCUT2D eigenvalue weighted by Gasteiger charge is -2.25. The third-order valence-corrected chi connectivity index (χ3v) is 4.98. The molecule has 2 aliphatic heterocycles. The molecule has 4 heteroatoms. The molecule has 0 aromatic carbocycles. The Morgan fingerprint density at radius 2 is 2.10 bits per heavy atom. The zero-order chi connectivity index (χ0) is 14.7. The van der Waals surface area contributed by atoms with Crippen molar-refractivity contribution in [3.63, 3.8) is 0 Å². The summed E-state index contributed by atoms with van der Waals surface area (Å²) >= 11 is 0. The molecular formula is C17H28N4. The summed E-state index contributed by atoms with van der Waals surface area (Å²) in [6.07, 6.45) is 5.20. The highest BCUT2D eigenvalue weighted by Gasteiger charge is 2.34. The summed E-state index contributed by atoms with van der Waals surface area (Å²) in [6.45, 7) is 6.56. The van der Waals surface area contributed by atoms with E-state index in [2.05, 4.69) is 47.3 Å². The molecule has 1 aromatic rings. The summed E-state index contributed by atoms with van der Waals surface area (Å²) in [5.74, 6) is 1.02. The fourth-order valence-corrected chi connectivity index (χ4v) is 3.67. The summed E-state index contributed by atoms with van der Waals surface area (Å²) in [6, 6.07) is 7.90. The molecule has 1 N–H and O–H groups in total. The number of fused-ring (bicyclic) bond motifs is 2. The second kappa shape index (κ2) is 6.75.